The minimum absolute atomic E-state index is 0.0929. The summed E-state index contributed by atoms with van der Waals surface area (Å²) < 4.78 is 13.3. The van der Waals surface area contributed by atoms with E-state index in [2.05, 4.69) is 5.32 Å². The Morgan fingerprint density at radius 1 is 1.56 bits per heavy atom. The summed E-state index contributed by atoms with van der Waals surface area (Å²) in [4.78, 5) is 21.1. The van der Waals surface area contributed by atoms with E-state index in [1.807, 2.05) is 0 Å². The van der Waals surface area contributed by atoms with Gasteiger partial charge < -0.3 is 10.4 Å². The van der Waals surface area contributed by atoms with E-state index in [1.165, 1.54) is 0 Å². The number of hydrogen-bond donors (Lipinski definition) is 2. The Hall–Kier alpha value is -2.02. The maximum Gasteiger partial charge on any atom is 0.285 e. The van der Waals surface area contributed by atoms with Crippen LogP contribution in [0.15, 0.2) is 18.2 Å². The van der Waals surface area contributed by atoms with E-state index in [0.29, 0.717) is 0 Å². The largest absolute Gasteiger partial charge is 0.395 e. The van der Waals surface area contributed by atoms with Gasteiger partial charge in [0, 0.05) is 12.6 Å². The molecule has 0 unspecified atom stereocenters. The van der Waals surface area contributed by atoms with Gasteiger partial charge in [-0.2, -0.15) is 0 Å². The molecular formula is C9H9FN2O4. The molecule has 1 aromatic rings. The van der Waals surface area contributed by atoms with Gasteiger partial charge in [-0.25, -0.2) is 4.39 Å². The van der Waals surface area contributed by atoms with Crippen LogP contribution in [0.4, 0.5) is 10.1 Å². The molecule has 0 aliphatic rings. The first-order valence-corrected chi connectivity index (χ1v) is 4.40. The number of nitrogens with one attached hydrogen (secondary N) is 1. The lowest BCUT2D eigenvalue weighted by Gasteiger charge is -2.04. The molecule has 0 fully saturated rings. The minimum atomic E-state index is -0.968. The van der Waals surface area contributed by atoms with Gasteiger partial charge in [-0.1, -0.05) is 6.07 Å². The Morgan fingerprint density at radius 2 is 2.25 bits per heavy atom. The number of nitro benzene ring substituents is 1. The van der Waals surface area contributed by atoms with Crippen molar-refractivity contribution in [2.45, 2.75) is 0 Å². The Morgan fingerprint density at radius 3 is 2.81 bits per heavy atom. The number of amides is 1. The maximum atomic E-state index is 13.3. The Kier molecular flexibility index (Phi) is 3.90. The van der Waals surface area contributed by atoms with E-state index in [0.717, 1.165) is 18.2 Å². The van der Waals surface area contributed by atoms with Gasteiger partial charge in [0.15, 0.2) is 5.56 Å². The van der Waals surface area contributed by atoms with Crippen molar-refractivity contribution >= 4 is 11.6 Å². The molecule has 86 valence electrons. The zero-order valence-electron chi connectivity index (χ0n) is 8.14. The van der Waals surface area contributed by atoms with Crippen molar-refractivity contribution in [3.8, 4) is 0 Å². The lowest BCUT2D eigenvalue weighted by molar-refractivity contribution is -0.385. The number of halogens is 1. The molecule has 0 radical (unpaired) electrons. The Bertz CT molecular complexity index is 422. The molecule has 1 aromatic carbocycles. The smallest absolute Gasteiger partial charge is 0.285 e. The highest BCUT2D eigenvalue weighted by Crippen LogP contribution is 2.20. The molecule has 1 rings (SSSR count). The molecule has 0 saturated heterocycles. The molecule has 1 amide bonds. The van der Waals surface area contributed by atoms with Crippen LogP contribution in [0.25, 0.3) is 0 Å². The molecule has 7 heteroatoms. The van der Waals surface area contributed by atoms with Crippen LogP contribution in [0, 0.1) is 15.9 Å². The van der Waals surface area contributed by atoms with E-state index >= 15 is 0 Å². The molecule has 2 N–H and O–H groups in total. The van der Waals surface area contributed by atoms with Gasteiger partial charge in [0.25, 0.3) is 11.6 Å². The van der Waals surface area contributed by atoms with E-state index in [1.54, 1.807) is 0 Å². The number of nitrogens with zero attached hydrogens (tertiary/aromatic N) is 1. The fourth-order valence-electron chi connectivity index (χ4n) is 1.15. The van der Waals surface area contributed by atoms with Crippen LogP contribution in [0.5, 0.6) is 0 Å². The van der Waals surface area contributed by atoms with E-state index in [4.69, 9.17) is 5.11 Å². The standard InChI is InChI=1S/C9H9FN2O4/c10-6-2-1-3-7(12(15)16)8(6)9(14)11-4-5-13/h1-3,13H,4-5H2,(H,11,14). The summed E-state index contributed by atoms with van der Waals surface area (Å²) in [5, 5.41) is 21.2. The van der Waals surface area contributed by atoms with E-state index in [9.17, 15) is 19.3 Å². The van der Waals surface area contributed by atoms with Crippen molar-refractivity contribution in [3.05, 3.63) is 39.7 Å². The Balaban J connectivity index is 3.10. The van der Waals surface area contributed by atoms with Gasteiger partial charge in [0.05, 0.1) is 11.5 Å². The van der Waals surface area contributed by atoms with E-state index < -0.39 is 27.9 Å². The summed E-state index contributed by atoms with van der Waals surface area (Å²) in [5.41, 5.74) is -1.23. The molecule has 0 aliphatic carbocycles. The second-order valence-electron chi connectivity index (χ2n) is 2.87. The van der Waals surface area contributed by atoms with Gasteiger partial charge in [-0.3, -0.25) is 14.9 Å². The quantitative estimate of drug-likeness (QED) is 0.578. The van der Waals surface area contributed by atoms with Gasteiger partial charge in [0.2, 0.25) is 0 Å². The zero-order chi connectivity index (χ0) is 12.1. The molecule has 0 bridgehead atoms. The van der Waals surface area contributed by atoms with Crippen LogP contribution in [0.3, 0.4) is 0 Å². The van der Waals surface area contributed by atoms with Crippen molar-refractivity contribution in [2.24, 2.45) is 0 Å². The SMILES string of the molecule is O=C(NCCO)c1c(F)cccc1[N+](=O)[O-]. The van der Waals surface area contributed by atoms with Crippen LogP contribution >= 0.6 is 0 Å². The van der Waals surface area contributed by atoms with Crippen LogP contribution in [-0.2, 0) is 0 Å². The maximum absolute atomic E-state index is 13.3. The third kappa shape index (κ3) is 2.51. The minimum Gasteiger partial charge on any atom is -0.395 e. The van der Waals surface area contributed by atoms with Gasteiger partial charge in [-0.05, 0) is 6.07 Å². The molecule has 0 heterocycles. The highest BCUT2D eigenvalue weighted by atomic mass is 19.1. The number of carbonyl (C=O) groups excluding carboxylic acids is 1. The van der Waals surface area contributed by atoms with Crippen LogP contribution in [0.1, 0.15) is 10.4 Å². The van der Waals surface area contributed by atoms with Crippen LogP contribution in [0.2, 0.25) is 0 Å². The summed E-state index contributed by atoms with van der Waals surface area (Å²) >= 11 is 0. The summed E-state index contributed by atoms with van der Waals surface area (Å²) in [6, 6.07) is 3.15. The number of nitro groups is 1. The number of aliphatic hydroxyl groups excluding tert-OH is 1. The summed E-state index contributed by atoms with van der Waals surface area (Å²) in [7, 11) is 0. The number of aliphatic hydroxyl groups is 1. The van der Waals surface area contributed by atoms with Gasteiger partial charge >= 0.3 is 0 Å². The van der Waals surface area contributed by atoms with Crippen molar-refractivity contribution in [2.75, 3.05) is 13.2 Å². The Labute approximate surface area is 89.9 Å². The lowest BCUT2D eigenvalue weighted by Crippen LogP contribution is -2.27. The number of rotatable bonds is 4. The first-order valence-electron chi connectivity index (χ1n) is 4.40. The predicted molar refractivity (Wildman–Crippen MR) is 52.5 cm³/mol. The summed E-state index contributed by atoms with van der Waals surface area (Å²) in [5.74, 6) is -1.89. The van der Waals surface area contributed by atoms with Crippen molar-refractivity contribution in [1.29, 1.82) is 0 Å². The molecule has 0 atom stereocenters. The van der Waals surface area contributed by atoms with Crippen LogP contribution < -0.4 is 5.32 Å². The summed E-state index contributed by atoms with van der Waals surface area (Å²) in [6.45, 7) is -0.418. The molecule has 6 nitrogen and oxygen atoms in total. The molecule has 16 heavy (non-hydrogen) atoms. The lowest BCUT2D eigenvalue weighted by atomic mass is 10.1. The van der Waals surface area contributed by atoms with Crippen LogP contribution in [-0.4, -0.2) is 29.1 Å². The fourth-order valence-corrected chi connectivity index (χ4v) is 1.15. The molecular weight excluding hydrogens is 219 g/mol. The first-order chi connectivity index (χ1) is 7.57. The highest BCUT2D eigenvalue weighted by Gasteiger charge is 2.23. The van der Waals surface area contributed by atoms with Crippen molar-refractivity contribution < 1.29 is 19.2 Å². The van der Waals surface area contributed by atoms with Gasteiger partial charge in [-0.15, -0.1) is 0 Å². The first kappa shape index (κ1) is 12.1. The second kappa shape index (κ2) is 5.17. The molecule has 0 saturated carbocycles. The molecule has 0 aliphatic heterocycles. The highest BCUT2D eigenvalue weighted by molar-refractivity contribution is 5.98. The molecule has 0 aromatic heterocycles. The summed E-state index contributed by atoms with van der Waals surface area (Å²) in [6.07, 6.45) is 0. The second-order valence-corrected chi connectivity index (χ2v) is 2.87. The fraction of sp³-hybridized carbons (Fsp3) is 0.222. The monoisotopic (exact) mass is 228 g/mol. The zero-order valence-corrected chi connectivity index (χ0v) is 8.14. The average Bonchev–Trinajstić information content (AvgIpc) is 2.25. The van der Waals surface area contributed by atoms with Gasteiger partial charge in [0.1, 0.15) is 5.82 Å². The predicted octanol–water partition coefficient (Wildman–Crippen LogP) is 0.456. The van der Waals surface area contributed by atoms with E-state index in [-0.39, 0.29) is 13.2 Å². The van der Waals surface area contributed by atoms with Crippen molar-refractivity contribution in [1.82, 2.24) is 5.32 Å². The topological polar surface area (TPSA) is 92.5 Å². The number of benzene rings is 1. The third-order valence-electron chi connectivity index (χ3n) is 1.81. The number of hydrogen-bond acceptors (Lipinski definition) is 4. The average molecular weight is 228 g/mol. The molecule has 0 spiro atoms. The van der Waals surface area contributed by atoms with Crippen molar-refractivity contribution in [3.63, 3.8) is 0 Å². The normalized spacial score (nSPS) is 9.88. The number of carbonyl (C=O) groups is 1. The third-order valence-corrected chi connectivity index (χ3v) is 1.81.